The second-order valence-electron chi connectivity index (χ2n) is 4.36. The van der Waals surface area contributed by atoms with Gasteiger partial charge in [-0.25, -0.2) is 9.78 Å². The second-order valence-corrected chi connectivity index (χ2v) is 4.36. The predicted octanol–water partition coefficient (Wildman–Crippen LogP) is -1.01. The van der Waals surface area contributed by atoms with E-state index in [9.17, 15) is 14.4 Å². The summed E-state index contributed by atoms with van der Waals surface area (Å²) in [5, 5.41) is 8.68. The maximum absolute atomic E-state index is 12.0. The first-order chi connectivity index (χ1) is 8.84. The lowest BCUT2D eigenvalue weighted by molar-refractivity contribution is -0.137. The van der Waals surface area contributed by atoms with Crippen molar-refractivity contribution in [1.82, 2.24) is 18.7 Å². The molecule has 0 bridgehead atoms. The van der Waals surface area contributed by atoms with Gasteiger partial charge in [-0.1, -0.05) is 0 Å². The van der Waals surface area contributed by atoms with Crippen molar-refractivity contribution < 1.29 is 9.90 Å². The van der Waals surface area contributed by atoms with Crippen LogP contribution in [0.4, 0.5) is 0 Å². The summed E-state index contributed by atoms with van der Waals surface area (Å²) in [4.78, 5) is 38.5. The number of hydrogen-bond acceptors (Lipinski definition) is 4. The lowest BCUT2D eigenvalue weighted by atomic mass is 10.3. The summed E-state index contributed by atoms with van der Waals surface area (Å²) < 4.78 is 3.89. The molecule has 0 unspecified atom stereocenters. The molecule has 2 heterocycles. The molecular formula is C11H14N4O4. The molecule has 2 aromatic heterocycles. The number of imidazole rings is 1. The molecule has 102 valence electrons. The van der Waals surface area contributed by atoms with Crippen LogP contribution in [0.15, 0.2) is 9.59 Å². The van der Waals surface area contributed by atoms with Gasteiger partial charge < -0.3 is 9.67 Å². The van der Waals surface area contributed by atoms with E-state index in [0.717, 1.165) is 4.57 Å². The monoisotopic (exact) mass is 266 g/mol. The Bertz CT molecular complexity index is 781. The van der Waals surface area contributed by atoms with Crippen molar-refractivity contribution >= 4 is 17.1 Å². The molecule has 2 rings (SSSR count). The normalized spacial score (nSPS) is 11.1. The van der Waals surface area contributed by atoms with Crippen LogP contribution in [0.5, 0.6) is 0 Å². The summed E-state index contributed by atoms with van der Waals surface area (Å²) in [6.45, 7) is 0. The molecule has 0 spiro atoms. The van der Waals surface area contributed by atoms with Gasteiger partial charge in [-0.3, -0.25) is 18.7 Å². The molecule has 0 aliphatic carbocycles. The van der Waals surface area contributed by atoms with E-state index in [1.54, 1.807) is 18.7 Å². The first kappa shape index (κ1) is 13.1. The Kier molecular flexibility index (Phi) is 3.01. The fraction of sp³-hybridized carbons (Fsp3) is 0.455. The maximum Gasteiger partial charge on any atom is 0.332 e. The van der Waals surface area contributed by atoms with Gasteiger partial charge in [-0.2, -0.15) is 0 Å². The van der Waals surface area contributed by atoms with Crippen molar-refractivity contribution in [2.45, 2.75) is 12.8 Å². The van der Waals surface area contributed by atoms with Crippen LogP contribution in [0, 0.1) is 0 Å². The molecule has 0 aliphatic heterocycles. The van der Waals surface area contributed by atoms with Gasteiger partial charge in [0.1, 0.15) is 11.5 Å². The van der Waals surface area contributed by atoms with E-state index in [-0.39, 0.29) is 18.4 Å². The van der Waals surface area contributed by atoms with E-state index in [2.05, 4.69) is 4.98 Å². The third-order valence-corrected chi connectivity index (χ3v) is 3.12. The highest BCUT2D eigenvalue weighted by Gasteiger charge is 2.17. The van der Waals surface area contributed by atoms with Crippen molar-refractivity contribution in [2.24, 2.45) is 21.1 Å². The van der Waals surface area contributed by atoms with Gasteiger partial charge in [0.25, 0.3) is 5.56 Å². The SMILES string of the molecule is Cn1c(=O)c2nc(CCC(=O)O)n(C)c2n(C)c1=O. The number of carboxylic acids is 1. The topological polar surface area (TPSA) is 99.1 Å². The summed E-state index contributed by atoms with van der Waals surface area (Å²) in [6, 6.07) is 0. The number of carbonyl (C=O) groups is 1. The quantitative estimate of drug-likeness (QED) is 0.767. The van der Waals surface area contributed by atoms with E-state index >= 15 is 0 Å². The molecule has 0 saturated carbocycles. The van der Waals surface area contributed by atoms with E-state index < -0.39 is 17.2 Å². The molecule has 2 aromatic rings. The Morgan fingerprint density at radius 2 is 1.79 bits per heavy atom. The van der Waals surface area contributed by atoms with Crippen LogP contribution in [0.3, 0.4) is 0 Å². The fourth-order valence-electron chi connectivity index (χ4n) is 2.07. The Balaban J connectivity index is 2.74. The number of hydrogen-bond donors (Lipinski definition) is 1. The highest BCUT2D eigenvalue weighted by molar-refractivity contribution is 5.71. The summed E-state index contributed by atoms with van der Waals surface area (Å²) in [7, 11) is 4.59. The zero-order chi connectivity index (χ0) is 14.3. The average molecular weight is 266 g/mol. The summed E-state index contributed by atoms with van der Waals surface area (Å²) >= 11 is 0. The molecule has 0 fully saturated rings. The van der Waals surface area contributed by atoms with Gasteiger partial charge >= 0.3 is 11.7 Å². The average Bonchev–Trinajstić information content (AvgIpc) is 2.69. The molecule has 0 aromatic carbocycles. The zero-order valence-electron chi connectivity index (χ0n) is 10.9. The number of aromatic nitrogens is 4. The molecule has 0 aliphatic rings. The molecule has 1 N–H and O–H groups in total. The standard InChI is InChI=1S/C11H14N4O4/c1-13-6(4-5-7(16)17)12-8-9(13)14(2)11(19)15(3)10(8)18/h4-5H2,1-3H3,(H,16,17). The van der Waals surface area contributed by atoms with Crippen LogP contribution in [0.1, 0.15) is 12.2 Å². The van der Waals surface area contributed by atoms with Crippen LogP contribution in [0.25, 0.3) is 11.2 Å². The maximum atomic E-state index is 12.0. The largest absolute Gasteiger partial charge is 0.481 e. The third-order valence-electron chi connectivity index (χ3n) is 3.12. The first-order valence-electron chi connectivity index (χ1n) is 5.67. The predicted molar refractivity (Wildman–Crippen MR) is 67.2 cm³/mol. The van der Waals surface area contributed by atoms with Gasteiger partial charge in [0, 0.05) is 27.6 Å². The smallest absolute Gasteiger partial charge is 0.332 e. The number of aliphatic carboxylic acids is 1. The molecule has 8 heteroatoms. The molecule has 0 radical (unpaired) electrons. The summed E-state index contributed by atoms with van der Waals surface area (Å²) in [6.07, 6.45) is 0.128. The minimum Gasteiger partial charge on any atom is -0.481 e. The minimum atomic E-state index is -0.936. The Labute approximate surface area is 107 Å². The van der Waals surface area contributed by atoms with Crippen LogP contribution < -0.4 is 11.2 Å². The molecule has 0 saturated heterocycles. The van der Waals surface area contributed by atoms with Gasteiger partial charge in [0.05, 0.1) is 6.42 Å². The van der Waals surface area contributed by atoms with E-state index in [4.69, 9.17) is 5.11 Å². The highest BCUT2D eigenvalue weighted by Crippen LogP contribution is 2.10. The van der Waals surface area contributed by atoms with Gasteiger partial charge in [0.2, 0.25) is 0 Å². The van der Waals surface area contributed by atoms with E-state index in [1.807, 2.05) is 0 Å². The fourth-order valence-corrected chi connectivity index (χ4v) is 2.07. The van der Waals surface area contributed by atoms with Gasteiger partial charge in [-0.15, -0.1) is 0 Å². The second kappa shape index (κ2) is 4.38. The van der Waals surface area contributed by atoms with Gasteiger partial charge in [0.15, 0.2) is 5.52 Å². The summed E-state index contributed by atoms with van der Waals surface area (Å²) in [5.41, 5.74) is -0.346. The van der Waals surface area contributed by atoms with Crippen molar-refractivity contribution in [3.8, 4) is 0 Å². The van der Waals surface area contributed by atoms with Crippen molar-refractivity contribution in [3.63, 3.8) is 0 Å². The van der Waals surface area contributed by atoms with E-state index in [0.29, 0.717) is 11.5 Å². The molecule has 0 amide bonds. The third kappa shape index (κ3) is 1.94. The molecule has 19 heavy (non-hydrogen) atoms. The highest BCUT2D eigenvalue weighted by atomic mass is 16.4. The number of fused-ring (bicyclic) bond motifs is 1. The van der Waals surface area contributed by atoms with Crippen LogP contribution in [-0.2, 0) is 32.4 Å². The molecule has 0 atom stereocenters. The van der Waals surface area contributed by atoms with Crippen molar-refractivity contribution in [3.05, 3.63) is 26.7 Å². The zero-order valence-corrected chi connectivity index (χ0v) is 10.9. The van der Waals surface area contributed by atoms with Crippen LogP contribution >= 0.6 is 0 Å². The number of nitrogens with zero attached hydrogens (tertiary/aromatic N) is 4. The lowest BCUT2D eigenvalue weighted by Gasteiger charge is -2.05. The minimum absolute atomic E-state index is 0.0780. The lowest BCUT2D eigenvalue weighted by Crippen LogP contribution is -2.37. The van der Waals surface area contributed by atoms with Crippen molar-refractivity contribution in [2.75, 3.05) is 0 Å². The van der Waals surface area contributed by atoms with E-state index in [1.165, 1.54) is 11.6 Å². The number of carboxylic acid groups (broad SMARTS) is 1. The van der Waals surface area contributed by atoms with Crippen LogP contribution in [0.2, 0.25) is 0 Å². The molecular weight excluding hydrogens is 252 g/mol. The Morgan fingerprint density at radius 1 is 1.16 bits per heavy atom. The summed E-state index contributed by atoms with van der Waals surface area (Å²) in [5.74, 6) is -0.468. The Hall–Kier alpha value is -2.38. The number of rotatable bonds is 3. The first-order valence-corrected chi connectivity index (χ1v) is 5.67. The number of aryl methyl sites for hydroxylation is 3. The van der Waals surface area contributed by atoms with Crippen LogP contribution in [-0.4, -0.2) is 29.8 Å². The Morgan fingerprint density at radius 3 is 2.37 bits per heavy atom. The van der Waals surface area contributed by atoms with Gasteiger partial charge in [-0.05, 0) is 0 Å². The molecule has 8 nitrogen and oxygen atoms in total. The van der Waals surface area contributed by atoms with Crippen molar-refractivity contribution in [1.29, 1.82) is 0 Å².